The van der Waals surface area contributed by atoms with Crippen molar-refractivity contribution in [1.82, 2.24) is 0 Å². The van der Waals surface area contributed by atoms with E-state index in [-0.39, 0.29) is 5.30 Å². The van der Waals surface area contributed by atoms with Crippen molar-refractivity contribution in [1.29, 1.82) is 0 Å². The lowest BCUT2D eigenvalue weighted by molar-refractivity contribution is 0.200. The summed E-state index contributed by atoms with van der Waals surface area (Å²) in [7, 11) is 1.44. The molecule has 0 rings (SSSR count). The van der Waals surface area contributed by atoms with Gasteiger partial charge in [-0.2, -0.15) is 0 Å². The van der Waals surface area contributed by atoms with E-state index in [4.69, 9.17) is 0 Å². The summed E-state index contributed by atoms with van der Waals surface area (Å²) in [5, 5.41) is -0.148. The van der Waals surface area contributed by atoms with E-state index < -0.39 is 0 Å². The maximum absolute atomic E-state index is 10.9. The van der Waals surface area contributed by atoms with Crippen LogP contribution in [0.1, 0.15) is 96.8 Å². The van der Waals surface area contributed by atoms with Gasteiger partial charge in [-0.15, -0.1) is 0 Å². The van der Waals surface area contributed by atoms with E-state index >= 15 is 0 Å². The van der Waals surface area contributed by atoms with E-state index in [0.29, 0.717) is 0 Å². The molecule has 0 aromatic heterocycles. The lowest BCUT2D eigenvalue weighted by atomic mass is 10.0. The van der Waals surface area contributed by atoms with Crippen LogP contribution in [0.15, 0.2) is 0 Å². The molecular formula is C18H36O2S. The molecule has 0 bridgehead atoms. The van der Waals surface area contributed by atoms with E-state index in [2.05, 4.69) is 11.7 Å². The summed E-state index contributed by atoms with van der Waals surface area (Å²) in [4.78, 5) is 10.9. The topological polar surface area (TPSA) is 26.3 Å². The molecule has 2 nitrogen and oxygen atoms in total. The predicted molar refractivity (Wildman–Crippen MR) is 95.2 cm³/mol. The molecule has 0 aromatic carbocycles. The van der Waals surface area contributed by atoms with Crippen LogP contribution in [0.4, 0.5) is 4.79 Å². The molecule has 21 heavy (non-hydrogen) atoms. The number of unbranched alkanes of at least 4 members (excludes halogenated alkanes) is 13. The first-order valence-corrected chi connectivity index (χ1v) is 10.0. The van der Waals surface area contributed by atoms with Gasteiger partial charge in [0.05, 0.1) is 7.11 Å². The first kappa shape index (κ1) is 20.8. The molecule has 0 heterocycles. The minimum absolute atomic E-state index is 0.148. The van der Waals surface area contributed by atoms with Crippen LogP contribution in [0.3, 0.4) is 0 Å². The number of carbonyl (C=O) groups is 1. The molecule has 0 radical (unpaired) electrons. The molecule has 126 valence electrons. The van der Waals surface area contributed by atoms with Crippen LogP contribution in [-0.4, -0.2) is 18.2 Å². The Morgan fingerprint density at radius 2 is 1.10 bits per heavy atom. The summed E-state index contributed by atoms with van der Waals surface area (Å²) in [6, 6.07) is 0. The summed E-state index contributed by atoms with van der Waals surface area (Å²) in [5.74, 6) is 0.907. The van der Waals surface area contributed by atoms with Crippen molar-refractivity contribution in [2.24, 2.45) is 0 Å². The van der Waals surface area contributed by atoms with Crippen LogP contribution in [-0.2, 0) is 4.74 Å². The second-order valence-corrected chi connectivity index (χ2v) is 6.93. The molecule has 0 unspecified atom stereocenters. The van der Waals surface area contributed by atoms with Crippen LogP contribution >= 0.6 is 11.8 Å². The highest BCUT2D eigenvalue weighted by Crippen LogP contribution is 2.14. The zero-order valence-electron chi connectivity index (χ0n) is 14.3. The van der Waals surface area contributed by atoms with Crippen molar-refractivity contribution in [2.75, 3.05) is 12.9 Å². The summed E-state index contributed by atoms with van der Waals surface area (Å²) in [6.45, 7) is 2.28. The summed E-state index contributed by atoms with van der Waals surface area (Å²) < 4.78 is 4.59. The smallest absolute Gasteiger partial charge is 0.367 e. The summed E-state index contributed by atoms with van der Waals surface area (Å²) >= 11 is 1.30. The fourth-order valence-corrected chi connectivity index (χ4v) is 3.14. The Balaban J connectivity index is 2.98. The van der Waals surface area contributed by atoms with E-state index in [1.54, 1.807) is 0 Å². The zero-order chi connectivity index (χ0) is 15.6. The first-order valence-electron chi connectivity index (χ1n) is 9.02. The molecule has 3 heteroatoms. The van der Waals surface area contributed by atoms with Gasteiger partial charge in [-0.05, 0) is 18.2 Å². The summed E-state index contributed by atoms with van der Waals surface area (Å²) in [6.07, 6.45) is 19.2. The molecule has 0 spiro atoms. The fraction of sp³-hybridized carbons (Fsp3) is 0.944. The van der Waals surface area contributed by atoms with Crippen molar-refractivity contribution in [3.05, 3.63) is 0 Å². The van der Waals surface area contributed by atoms with Crippen molar-refractivity contribution in [2.45, 2.75) is 96.8 Å². The van der Waals surface area contributed by atoms with Gasteiger partial charge in [-0.1, -0.05) is 90.4 Å². The number of hydrogen-bond acceptors (Lipinski definition) is 3. The molecule has 0 N–H and O–H groups in total. The van der Waals surface area contributed by atoms with Gasteiger partial charge in [0.2, 0.25) is 0 Å². The average Bonchev–Trinajstić information content (AvgIpc) is 2.50. The highest BCUT2D eigenvalue weighted by molar-refractivity contribution is 8.13. The number of methoxy groups -OCH3 is 1. The Labute approximate surface area is 136 Å². The van der Waals surface area contributed by atoms with E-state index in [1.807, 2.05) is 0 Å². The maximum Gasteiger partial charge on any atom is 0.367 e. The summed E-state index contributed by atoms with van der Waals surface area (Å²) in [5.41, 5.74) is 0. The Morgan fingerprint density at radius 3 is 1.48 bits per heavy atom. The Morgan fingerprint density at radius 1 is 0.714 bits per heavy atom. The normalized spacial score (nSPS) is 10.8. The Kier molecular flexibility index (Phi) is 17.7. The molecule has 0 atom stereocenters. The monoisotopic (exact) mass is 316 g/mol. The second-order valence-electron chi connectivity index (χ2n) is 5.90. The van der Waals surface area contributed by atoms with Crippen LogP contribution in [0.2, 0.25) is 0 Å². The predicted octanol–water partition coefficient (Wildman–Crippen LogP) is 6.97. The largest absolute Gasteiger partial charge is 0.461 e. The van der Waals surface area contributed by atoms with Crippen molar-refractivity contribution < 1.29 is 9.53 Å². The quantitative estimate of drug-likeness (QED) is 0.241. The van der Waals surface area contributed by atoms with Gasteiger partial charge >= 0.3 is 5.30 Å². The highest BCUT2D eigenvalue weighted by Gasteiger charge is 1.99. The second kappa shape index (κ2) is 17.9. The van der Waals surface area contributed by atoms with Gasteiger partial charge in [0, 0.05) is 5.75 Å². The molecular weight excluding hydrogens is 280 g/mol. The first-order chi connectivity index (χ1) is 10.3. The molecule has 0 aliphatic carbocycles. The molecule has 0 aromatic rings. The minimum atomic E-state index is -0.148. The average molecular weight is 317 g/mol. The molecule has 0 aliphatic rings. The van der Waals surface area contributed by atoms with E-state index in [1.165, 1.54) is 102 Å². The zero-order valence-corrected chi connectivity index (χ0v) is 15.1. The van der Waals surface area contributed by atoms with Gasteiger partial charge in [0.1, 0.15) is 0 Å². The van der Waals surface area contributed by atoms with Gasteiger partial charge in [-0.25, -0.2) is 4.79 Å². The van der Waals surface area contributed by atoms with Crippen LogP contribution in [0, 0.1) is 0 Å². The molecule has 0 amide bonds. The van der Waals surface area contributed by atoms with Crippen molar-refractivity contribution in [3.63, 3.8) is 0 Å². The third kappa shape index (κ3) is 17.8. The van der Waals surface area contributed by atoms with Gasteiger partial charge < -0.3 is 4.74 Å². The minimum Gasteiger partial charge on any atom is -0.461 e. The van der Waals surface area contributed by atoms with Crippen molar-refractivity contribution in [3.8, 4) is 0 Å². The van der Waals surface area contributed by atoms with Crippen LogP contribution in [0.25, 0.3) is 0 Å². The highest BCUT2D eigenvalue weighted by atomic mass is 32.2. The maximum atomic E-state index is 10.9. The Bertz CT molecular complexity index is 219. The van der Waals surface area contributed by atoms with Crippen molar-refractivity contribution >= 4 is 17.1 Å². The fourth-order valence-electron chi connectivity index (χ4n) is 2.51. The number of carbonyl (C=O) groups excluding carboxylic acids is 1. The van der Waals surface area contributed by atoms with Gasteiger partial charge in [0.15, 0.2) is 0 Å². The molecule has 0 fully saturated rings. The number of rotatable bonds is 15. The van der Waals surface area contributed by atoms with Crippen LogP contribution in [0.5, 0.6) is 0 Å². The Hall–Kier alpha value is -0.180. The van der Waals surface area contributed by atoms with Gasteiger partial charge in [0.25, 0.3) is 0 Å². The third-order valence-electron chi connectivity index (χ3n) is 3.88. The lowest BCUT2D eigenvalue weighted by Crippen LogP contribution is -1.92. The molecule has 0 aliphatic heterocycles. The molecule has 0 saturated heterocycles. The van der Waals surface area contributed by atoms with E-state index in [0.717, 1.165) is 12.2 Å². The van der Waals surface area contributed by atoms with Crippen LogP contribution < -0.4 is 0 Å². The number of thioether (sulfide) groups is 1. The third-order valence-corrected chi connectivity index (χ3v) is 4.78. The van der Waals surface area contributed by atoms with Gasteiger partial charge in [-0.3, -0.25) is 0 Å². The number of hydrogen-bond donors (Lipinski definition) is 0. The van der Waals surface area contributed by atoms with E-state index in [9.17, 15) is 4.79 Å². The SMILES string of the molecule is CCCCCCCCCCCCCCCCSC(=O)OC. The number of ether oxygens (including phenoxy) is 1. The molecule has 0 saturated carbocycles. The lowest BCUT2D eigenvalue weighted by Gasteiger charge is -2.03. The standard InChI is InChI=1S/C18H36O2S/c1-3-4-5-6-7-8-9-10-11-12-13-14-15-16-17-21-18(19)20-2/h3-17H2,1-2H3.